The van der Waals surface area contributed by atoms with Gasteiger partial charge in [-0.3, -0.25) is 9.48 Å². The van der Waals surface area contributed by atoms with Crippen LogP contribution in [0.4, 0.5) is 10.5 Å². The molecule has 7 nitrogen and oxygen atoms in total. The molecule has 5 rings (SSSR count). The minimum absolute atomic E-state index is 0.164. The molecule has 1 aliphatic carbocycles. The van der Waals surface area contributed by atoms with Crippen LogP contribution in [0.5, 0.6) is 0 Å². The molecule has 0 aliphatic heterocycles. The minimum Gasteiger partial charge on any atom is -0.348 e. The van der Waals surface area contributed by atoms with Crippen LogP contribution in [-0.4, -0.2) is 27.8 Å². The van der Waals surface area contributed by atoms with Crippen LogP contribution in [0.2, 0.25) is 0 Å². The predicted molar refractivity (Wildman–Crippen MR) is 136 cm³/mol. The van der Waals surface area contributed by atoms with E-state index >= 15 is 0 Å². The topological polar surface area (TPSA) is 88.1 Å². The number of hydrogen-bond donors (Lipinski definition) is 3. The van der Waals surface area contributed by atoms with Gasteiger partial charge >= 0.3 is 6.03 Å². The molecule has 0 atom stereocenters. The molecular weight excluding hydrogens is 438 g/mol. The Morgan fingerprint density at radius 3 is 2.40 bits per heavy atom. The maximum absolute atomic E-state index is 12.7. The Hall–Kier alpha value is -4.39. The number of nitrogens with zero attached hydrogens (tertiary/aromatic N) is 2. The zero-order valence-electron chi connectivity index (χ0n) is 19.3. The Morgan fingerprint density at radius 2 is 1.69 bits per heavy atom. The van der Waals surface area contributed by atoms with E-state index in [9.17, 15) is 9.59 Å². The Labute approximate surface area is 204 Å². The fraction of sp³-hybridized carbons (Fsp3) is 0.179. The lowest BCUT2D eigenvalue weighted by molar-refractivity contribution is 0.0951. The van der Waals surface area contributed by atoms with E-state index in [-0.39, 0.29) is 11.9 Å². The van der Waals surface area contributed by atoms with Crippen molar-refractivity contribution in [3.63, 3.8) is 0 Å². The second-order valence-corrected chi connectivity index (χ2v) is 8.69. The van der Waals surface area contributed by atoms with Crippen molar-refractivity contribution in [2.24, 2.45) is 0 Å². The van der Waals surface area contributed by atoms with E-state index in [0.29, 0.717) is 23.8 Å². The Bertz CT molecular complexity index is 1290. The van der Waals surface area contributed by atoms with E-state index in [1.807, 2.05) is 35.1 Å². The maximum Gasteiger partial charge on any atom is 0.319 e. The number of urea groups is 1. The highest BCUT2D eigenvalue weighted by Crippen LogP contribution is 2.24. The van der Waals surface area contributed by atoms with Crippen LogP contribution < -0.4 is 16.0 Å². The highest BCUT2D eigenvalue weighted by molar-refractivity contribution is 5.95. The molecule has 7 heteroatoms. The molecule has 176 valence electrons. The van der Waals surface area contributed by atoms with Gasteiger partial charge in [0.05, 0.1) is 6.54 Å². The lowest BCUT2D eigenvalue weighted by atomic mass is 9.98. The predicted octanol–water partition coefficient (Wildman–Crippen LogP) is 4.81. The highest BCUT2D eigenvalue weighted by atomic mass is 16.2. The third-order valence-electron chi connectivity index (χ3n) is 5.94. The highest BCUT2D eigenvalue weighted by Gasteiger charge is 2.23. The molecule has 0 saturated heterocycles. The van der Waals surface area contributed by atoms with Crippen molar-refractivity contribution in [1.29, 1.82) is 0 Å². The molecule has 0 bridgehead atoms. The molecule has 35 heavy (non-hydrogen) atoms. The number of rotatable bonds is 8. The Balaban J connectivity index is 1.20. The second-order valence-electron chi connectivity index (χ2n) is 8.69. The number of carbonyl (C=O) groups is 2. The molecule has 1 fully saturated rings. The standard InChI is InChI=1S/C28H27N5O2/c34-27(22-10-12-24(13-11-22)31-28(35)32-25-14-15-25)29-18-23-4-1-2-5-26(23)21-8-6-20(7-9-21)19-33-17-3-16-30-33/h1-13,16-17,25H,14-15,18-19H2,(H,29,34)(H2,31,32,35). The number of nitrogens with one attached hydrogen (secondary N) is 3. The van der Waals surface area contributed by atoms with Crippen molar-refractivity contribution in [1.82, 2.24) is 20.4 Å². The summed E-state index contributed by atoms with van der Waals surface area (Å²) < 4.78 is 1.89. The van der Waals surface area contributed by atoms with Crippen molar-refractivity contribution < 1.29 is 9.59 Å². The first kappa shape index (κ1) is 22.4. The molecular formula is C28H27N5O2. The van der Waals surface area contributed by atoms with Gasteiger partial charge < -0.3 is 16.0 Å². The van der Waals surface area contributed by atoms with Crippen LogP contribution in [0.1, 0.15) is 34.3 Å². The summed E-state index contributed by atoms with van der Waals surface area (Å²) in [6.07, 6.45) is 5.79. The monoisotopic (exact) mass is 465 g/mol. The fourth-order valence-corrected chi connectivity index (χ4v) is 3.89. The summed E-state index contributed by atoms with van der Waals surface area (Å²) in [5.41, 5.74) is 5.58. The summed E-state index contributed by atoms with van der Waals surface area (Å²) in [4.78, 5) is 24.6. The summed E-state index contributed by atoms with van der Waals surface area (Å²) in [5.74, 6) is -0.164. The average molecular weight is 466 g/mol. The van der Waals surface area contributed by atoms with Crippen molar-refractivity contribution in [2.45, 2.75) is 32.0 Å². The normalized spacial score (nSPS) is 12.7. The summed E-state index contributed by atoms with van der Waals surface area (Å²) in [5, 5.41) is 12.9. The first-order valence-electron chi connectivity index (χ1n) is 11.7. The minimum atomic E-state index is -0.212. The largest absolute Gasteiger partial charge is 0.348 e. The molecule has 0 spiro atoms. The van der Waals surface area contributed by atoms with E-state index in [1.54, 1.807) is 30.5 Å². The lowest BCUT2D eigenvalue weighted by Gasteiger charge is -2.12. The van der Waals surface area contributed by atoms with Crippen molar-refractivity contribution in [3.05, 3.63) is 108 Å². The van der Waals surface area contributed by atoms with Gasteiger partial charge in [0.15, 0.2) is 0 Å². The zero-order chi connectivity index (χ0) is 24.0. The molecule has 3 N–H and O–H groups in total. The third kappa shape index (κ3) is 5.95. The van der Waals surface area contributed by atoms with Gasteiger partial charge in [-0.2, -0.15) is 5.10 Å². The van der Waals surface area contributed by atoms with Crippen molar-refractivity contribution >= 4 is 17.6 Å². The van der Waals surface area contributed by atoms with Gasteiger partial charge in [0.2, 0.25) is 0 Å². The van der Waals surface area contributed by atoms with Crippen molar-refractivity contribution in [3.8, 4) is 11.1 Å². The molecule has 3 aromatic carbocycles. The van der Waals surface area contributed by atoms with Crippen LogP contribution in [-0.2, 0) is 13.1 Å². The van der Waals surface area contributed by atoms with E-state index in [0.717, 1.165) is 36.1 Å². The quantitative estimate of drug-likeness (QED) is 0.349. The number of aromatic nitrogens is 2. The molecule has 4 aromatic rings. The maximum atomic E-state index is 12.7. The average Bonchev–Trinajstić information content (AvgIpc) is 3.54. The van der Waals surface area contributed by atoms with Gasteiger partial charge in [0.25, 0.3) is 5.91 Å². The van der Waals surface area contributed by atoms with Crippen LogP contribution in [0.25, 0.3) is 11.1 Å². The van der Waals surface area contributed by atoms with Gasteiger partial charge in [-0.15, -0.1) is 0 Å². The Kier molecular flexibility index (Phi) is 6.57. The van der Waals surface area contributed by atoms with E-state index < -0.39 is 0 Å². The van der Waals surface area contributed by atoms with Gasteiger partial charge in [0, 0.05) is 36.2 Å². The van der Waals surface area contributed by atoms with Crippen LogP contribution in [0.3, 0.4) is 0 Å². The van der Waals surface area contributed by atoms with Crippen LogP contribution >= 0.6 is 0 Å². The smallest absolute Gasteiger partial charge is 0.319 e. The van der Waals surface area contributed by atoms with Gasteiger partial charge in [-0.05, 0) is 65.4 Å². The lowest BCUT2D eigenvalue weighted by Crippen LogP contribution is -2.30. The molecule has 1 aromatic heterocycles. The first-order chi connectivity index (χ1) is 17.1. The van der Waals surface area contributed by atoms with Crippen LogP contribution in [0, 0.1) is 0 Å². The zero-order valence-corrected chi connectivity index (χ0v) is 19.3. The summed E-state index contributed by atoms with van der Waals surface area (Å²) in [6, 6.07) is 25.4. The molecule has 3 amide bonds. The number of anilines is 1. The number of carbonyl (C=O) groups excluding carboxylic acids is 2. The Morgan fingerprint density at radius 1 is 0.914 bits per heavy atom. The number of benzene rings is 3. The van der Waals surface area contributed by atoms with Gasteiger partial charge in [0.1, 0.15) is 0 Å². The van der Waals surface area contributed by atoms with Crippen LogP contribution in [0.15, 0.2) is 91.3 Å². The van der Waals surface area contributed by atoms with Crippen molar-refractivity contribution in [2.75, 3.05) is 5.32 Å². The van der Waals surface area contributed by atoms with Gasteiger partial charge in [-0.25, -0.2) is 4.79 Å². The molecule has 0 unspecified atom stereocenters. The second kappa shape index (κ2) is 10.3. The summed E-state index contributed by atoms with van der Waals surface area (Å²) in [6.45, 7) is 1.14. The SMILES string of the molecule is O=C(Nc1ccc(C(=O)NCc2ccccc2-c2ccc(Cn3cccn3)cc2)cc1)NC1CC1. The van der Waals surface area contributed by atoms with E-state index in [1.165, 1.54) is 5.56 Å². The van der Waals surface area contributed by atoms with Gasteiger partial charge in [-0.1, -0.05) is 48.5 Å². The molecule has 1 saturated carbocycles. The molecule has 0 radical (unpaired) electrons. The molecule has 1 heterocycles. The summed E-state index contributed by atoms with van der Waals surface area (Å²) in [7, 11) is 0. The molecule has 1 aliphatic rings. The van der Waals surface area contributed by atoms with E-state index in [4.69, 9.17) is 0 Å². The first-order valence-corrected chi connectivity index (χ1v) is 11.7. The third-order valence-corrected chi connectivity index (χ3v) is 5.94. The number of hydrogen-bond acceptors (Lipinski definition) is 3. The fourth-order valence-electron chi connectivity index (χ4n) is 3.89. The number of amides is 3. The van der Waals surface area contributed by atoms with E-state index in [2.05, 4.69) is 51.4 Å². The summed E-state index contributed by atoms with van der Waals surface area (Å²) >= 11 is 0.